The normalized spacial score (nSPS) is 10.1. The van der Waals surface area contributed by atoms with Crippen LogP contribution in [0.25, 0.3) is 0 Å². The molecule has 0 saturated heterocycles. The van der Waals surface area contributed by atoms with Crippen molar-refractivity contribution in [1.82, 2.24) is 0 Å². The Morgan fingerprint density at radius 3 is 2.73 bits per heavy atom. The fraction of sp³-hybridized carbons (Fsp3) is 0.125. The Hall–Kier alpha value is 0.150. The minimum absolute atomic E-state index is 0.609. The number of rotatable bonds is 2. The molecule has 0 aliphatic carbocycles. The van der Waals surface area contributed by atoms with Crippen LogP contribution in [0.2, 0.25) is 10.0 Å². The molecule has 0 nitrogen and oxygen atoms in total. The maximum Gasteiger partial charge on any atom is 0.0632 e. The Bertz CT molecular complexity index is 248. The molecule has 11 heavy (non-hydrogen) atoms. The highest BCUT2D eigenvalue weighted by molar-refractivity contribution is 7.99. The van der Waals surface area contributed by atoms with Crippen LogP contribution in [-0.2, 0) is 5.75 Å². The second-order valence-corrected chi connectivity index (χ2v) is 3.54. The lowest BCUT2D eigenvalue weighted by atomic mass is 10.2. The van der Waals surface area contributed by atoms with Crippen LogP contribution in [0, 0.1) is 6.26 Å². The van der Waals surface area contributed by atoms with Crippen molar-refractivity contribution in [3.05, 3.63) is 40.1 Å². The van der Waals surface area contributed by atoms with Crippen LogP contribution in [0.3, 0.4) is 0 Å². The highest BCUT2D eigenvalue weighted by Gasteiger charge is 2.01. The lowest BCUT2D eigenvalue weighted by Gasteiger charge is -2.02. The van der Waals surface area contributed by atoms with E-state index in [0.29, 0.717) is 10.0 Å². The van der Waals surface area contributed by atoms with Crippen molar-refractivity contribution < 1.29 is 0 Å². The standard InChI is InChI=1S/C8H7Cl2S/c1-11-5-6-3-2-4-7(9)8(6)10/h2-4H,1,5H2. The molecule has 0 unspecified atom stereocenters. The van der Waals surface area contributed by atoms with Crippen LogP contribution in [0.1, 0.15) is 5.56 Å². The van der Waals surface area contributed by atoms with Gasteiger partial charge in [-0.1, -0.05) is 35.3 Å². The summed E-state index contributed by atoms with van der Waals surface area (Å²) in [5.74, 6) is 0.805. The topological polar surface area (TPSA) is 0 Å². The van der Waals surface area contributed by atoms with Crippen LogP contribution in [0.4, 0.5) is 0 Å². The maximum absolute atomic E-state index is 5.90. The van der Waals surface area contributed by atoms with E-state index in [2.05, 4.69) is 6.26 Å². The second-order valence-electron chi connectivity index (χ2n) is 2.06. The monoisotopic (exact) mass is 205 g/mol. The highest BCUT2D eigenvalue weighted by atomic mass is 35.5. The summed E-state index contributed by atoms with van der Waals surface area (Å²) < 4.78 is 0. The first kappa shape index (κ1) is 9.24. The third-order valence-electron chi connectivity index (χ3n) is 1.29. The van der Waals surface area contributed by atoms with Gasteiger partial charge in [0.2, 0.25) is 0 Å². The summed E-state index contributed by atoms with van der Waals surface area (Å²) in [4.78, 5) is 0. The van der Waals surface area contributed by atoms with Gasteiger partial charge in [0.05, 0.1) is 10.0 Å². The predicted molar refractivity (Wildman–Crippen MR) is 53.1 cm³/mol. The first-order valence-corrected chi connectivity index (χ1v) is 4.96. The molecule has 1 aromatic rings. The van der Waals surface area contributed by atoms with Crippen LogP contribution < -0.4 is 0 Å². The van der Waals surface area contributed by atoms with E-state index in [1.165, 1.54) is 11.8 Å². The van der Waals surface area contributed by atoms with E-state index in [4.69, 9.17) is 23.2 Å². The predicted octanol–water partition coefficient (Wildman–Crippen LogP) is 4.02. The molecule has 0 atom stereocenters. The molecule has 1 radical (unpaired) electrons. The molecule has 0 aliphatic rings. The number of halogens is 2. The Morgan fingerprint density at radius 1 is 1.36 bits per heavy atom. The molecule has 0 spiro atoms. The number of benzene rings is 1. The van der Waals surface area contributed by atoms with Gasteiger partial charge in [0.15, 0.2) is 0 Å². The summed E-state index contributed by atoms with van der Waals surface area (Å²) in [6.45, 7) is 0. The lowest BCUT2D eigenvalue weighted by Crippen LogP contribution is -1.80. The third-order valence-corrected chi connectivity index (χ3v) is 2.66. The largest absolute Gasteiger partial charge is 0.156 e. The van der Waals surface area contributed by atoms with Crippen molar-refractivity contribution in [2.45, 2.75) is 5.75 Å². The van der Waals surface area contributed by atoms with Crippen molar-refractivity contribution in [1.29, 1.82) is 0 Å². The van der Waals surface area contributed by atoms with Crippen LogP contribution in [0.5, 0.6) is 0 Å². The summed E-state index contributed by atoms with van der Waals surface area (Å²) in [5.41, 5.74) is 1.04. The molecule has 0 aromatic heterocycles. The van der Waals surface area contributed by atoms with Gasteiger partial charge in [-0.05, 0) is 11.6 Å². The van der Waals surface area contributed by atoms with Crippen molar-refractivity contribution in [3.63, 3.8) is 0 Å². The molecule has 3 heteroatoms. The second kappa shape index (κ2) is 4.24. The van der Waals surface area contributed by atoms with Gasteiger partial charge in [0.1, 0.15) is 0 Å². The van der Waals surface area contributed by atoms with E-state index in [9.17, 15) is 0 Å². The van der Waals surface area contributed by atoms with E-state index < -0.39 is 0 Å². The Kier molecular flexibility index (Phi) is 3.57. The molecule has 1 aromatic carbocycles. The van der Waals surface area contributed by atoms with Crippen LogP contribution >= 0.6 is 35.0 Å². The minimum atomic E-state index is 0.609. The number of thioether (sulfide) groups is 1. The Balaban J connectivity index is 2.96. The van der Waals surface area contributed by atoms with Gasteiger partial charge < -0.3 is 0 Å². The molecule has 59 valence electrons. The van der Waals surface area contributed by atoms with Crippen molar-refractivity contribution in [2.75, 3.05) is 0 Å². The van der Waals surface area contributed by atoms with E-state index in [1.807, 2.05) is 12.1 Å². The average molecular weight is 206 g/mol. The fourth-order valence-electron chi connectivity index (χ4n) is 0.770. The summed E-state index contributed by atoms with van der Waals surface area (Å²) in [6, 6.07) is 5.62. The first-order valence-electron chi connectivity index (χ1n) is 3.05. The van der Waals surface area contributed by atoms with Crippen molar-refractivity contribution >= 4 is 35.0 Å². The highest BCUT2D eigenvalue weighted by Crippen LogP contribution is 2.27. The average Bonchev–Trinajstić information content (AvgIpc) is 1.99. The zero-order valence-electron chi connectivity index (χ0n) is 5.81. The molecule has 0 saturated carbocycles. The van der Waals surface area contributed by atoms with E-state index in [0.717, 1.165) is 11.3 Å². The maximum atomic E-state index is 5.90. The minimum Gasteiger partial charge on any atom is -0.156 e. The molecular weight excluding hydrogens is 199 g/mol. The summed E-state index contributed by atoms with van der Waals surface area (Å²) in [6.07, 6.45) is 3.67. The summed E-state index contributed by atoms with van der Waals surface area (Å²) >= 11 is 13.2. The van der Waals surface area contributed by atoms with E-state index >= 15 is 0 Å². The third kappa shape index (κ3) is 2.29. The van der Waals surface area contributed by atoms with Crippen molar-refractivity contribution in [2.24, 2.45) is 0 Å². The zero-order valence-corrected chi connectivity index (χ0v) is 8.14. The van der Waals surface area contributed by atoms with Gasteiger partial charge in [0.25, 0.3) is 0 Å². The fourth-order valence-corrected chi connectivity index (χ4v) is 1.70. The molecule has 0 bridgehead atoms. The molecule has 0 fully saturated rings. The quantitative estimate of drug-likeness (QED) is 0.704. The molecule has 1 rings (SSSR count). The smallest absolute Gasteiger partial charge is 0.0632 e. The van der Waals surface area contributed by atoms with Gasteiger partial charge in [-0.2, -0.15) is 11.8 Å². The van der Waals surface area contributed by atoms with Gasteiger partial charge in [-0.3, -0.25) is 0 Å². The molecule has 0 amide bonds. The van der Waals surface area contributed by atoms with Crippen LogP contribution in [-0.4, -0.2) is 0 Å². The Labute approximate surface area is 80.9 Å². The molecule has 0 heterocycles. The van der Waals surface area contributed by atoms with Gasteiger partial charge in [0, 0.05) is 12.0 Å². The van der Waals surface area contributed by atoms with Crippen LogP contribution in [0.15, 0.2) is 18.2 Å². The summed E-state index contributed by atoms with van der Waals surface area (Å²) in [5, 5.41) is 1.25. The summed E-state index contributed by atoms with van der Waals surface area (Å²) in [7, 11) is 0. The zero-order chi connectivity index (χ0) is 8.27. The molecule has 0 N–H and O–H groups in total. The van der Waals surface area contributed by atoms with Gasteiger partial charge >= 0.3 is 0 Å². The van der Waals surface area contributed by atoms with E-state index in [-0.39, 0.29) is 0 Å². The van der Waals surface area contributed by atoms with Crippen molar-refractivity contribution in [3.8, 4) is 0 Å². The number of hydrogen-bond acceptors (Lipinski definition) is 1. The molecule has 0 aliphatic heterocycles. The SMILES string of the molecule is [CH2]SCc1cccc(Cl)c1Cl. The Morgan fingerprint density at radius 2 is 2.09 bits per heavy atom. The molecular formula is C8H7Cl2S. The van der Waals surface area contributed by atoms with E-state index in [1.54, 1.807) is 6.07 Å². The van der Waals surface area contributed by atoms with Gasteiger partial charge in [-0.25, -0.2) is 0 Å². The number of hydrogen-bond donors (Lipinski definition) is 0. The lowest BCUT2D eigenvalue weighted by molar-refractivity contribution is 1.42. The van der Waals surface area contributed by atoms with Gasteiger partial charge in [-0.15, -0.1) is 0 Å². The first-order chi connectivity index (χ1) is 5.25.